The van der Waals surface area contributed by atoms with E-state index in [1.807, 2.05) is 0 Å². The summed E-state index contributed by atoms with van der Waals surface area (Å²) in [4.78, 5) is 2.38. The second kappa shape index (κ2) is 7.88. The Kier molecular flexibility index (Phi) is 8.04. The molecule has 0 amide bonds. The third-order valence-corrected chi connectivity index (χ3v) is 2.44. The van der Waals surface area contributed by atoms with Crippen LogP contribution in [0.4, 0.5) is 0 Å². The van der Waals surface area contributed by atoms with Gasteiger partial charge in [-0.15, -0.1) is 11.6 Å². The monoisotopic (exact) mass is 191 g/mol. The first kappa shape index (κ1) is 12.2. The summed E-state index contributed by atoms with van der Waals surface area (Å²) in [5.41, 5.74) is 0.259. The van der Waals surface area contributed by atoms with E-state index in [1.54, 1.807) is 0 Å². The van der Waals surface area contributed by atoms with Gasteiger partial charge in [0.1, 0.15) is 0 Å². The van der Waals surface area contributed by atoms with Crippen molar-refractivity contribution in [2.45, 2.75) is 52.0 Å². The van der Waals surface area contributed by atoms with Crippen LogP contribution in [-0.4, -0.2) is 23.5 Å². The average molecular weight is 192 g/mol. The number of nitrogens with zero attached hydrogens (tertiary/aromatic N) is 1. The van der Waals surface area contributed by atoms with Crippen LogP contribution in [0, 0.1) is 0 Å². The Balaban J connectivity index is 3.72. The second-order valence-corrected chi connectivity index (χ2v) is 3.76. The van der Waals surface area contributed by atoms with Crippen molar-refractivity contribution in [2.75, 3.05) is 13.1 Å². The first-order chi connectivity index (χ1) is 5.76. The fraction of sp³-hybridized carbons (Fsp3) is 1.00. The van der Waals surface area contributed by atoms with E-state index in [9.17, 15) is 0 Å². The van der Waals surface area contributed by atoms with E-state index in [4.69, 9.17) is 11.6 Å². The van der Waals surface area contributed by atoms with Gasteiger partial charge in [-0.2, -0.15) is 0 Å². The van der Waals surface area contributed by atoms with Crippen LogP contribution in [-0.2, 0) is 0 Å². The van der Waals surface area contributed by atoms with Crippen LogP contribution in [0.1, 0.15) is 46.5 Å². The Hall–Kier alpha value is 0.250. The van der Waals surface area contributed by atoms with E-state index < -0.39 is 0 Å². The van der Waals surface area contributed by atoms with Crippen molar-refractivity contribution in [3.63, 3.8) is 0 Å². The maximum absolute atomic E-state index is 6.23. The highest BCUT2D eigenvalue weighted by Gasteiger charge is 2.12. The quantitative estimate of drug-likeness (QED) is 0.440. The minimum absolute atomic E-state index is 0.259. The predicted octanol–water partition coefficient (Wildman–Crippen LogP) is 3.47. The molecule has 1 unspecified atom stereocenters. The molecule has 0 spiro atoms. The summed E-state index contributed by atoms with van der Waals surface area (Å²) in [5, 5.41) is 0. The van der Waals surface area contributed by atoms with Gasteiger partial charge >= 0.3 is 0 Å². The maximum Gasteiger partial charge on any atom is 0.0850 e. The van der Waals surface area contributed by atoms with Crippen molar-refractivity contribution in [3.8, 4) is 0 Å². The van der Waals surface area contributed by atoms with Crippen LogP contribution in [0.3, 0.4) is 0 Å². The van der Waals surface area contributed by atoms with E-state index in [0.29, 0.717) is 0 Å². The van der Waals surface area contributed by atoms with Crippen LogP contribution in [0.25, 0.3) is 0 Å². The predicted molar refractivity (Wildman–Crippen MR) is 56.7 cm³/mol. The summed E-state index contributed by atoms with van der Waals surface area (Å²) in [7, 11) is 0. The number of rotatable bonds is 7. The molecule has 0 rings (SSSR count). The molecule has 0 radical (unpaired) electrons. The van der Waals surface area contributed by atoms with Gasteiger partial charge in [-0.3, -0.25) is 4.90 Å². The minimum Gasteiger partial charge on any atom is -0.287 e. The van der Waals surface area contributed by atoms with Crippen LogP contribution >= 0.6 is 11.6 Å². The highest BCUT2D eigenvalue weighted by Crippen LogP contribution is 2.12. The Morgan fingerprint density at radius 2 is 1.50 bits per heavy atom. The average Bonchev–Trinajstić information content (AvgIpc) is 2.04. The van der Waals surface area contributed by atoms with Crippen LogP contribution in [0.5, 0.6) is 0 Å². The van der Waals surface area contributed by atoms with Gasteiger partial charge in [0.15, 0.2) is 0 Å². The van der Waals surface area contributed by atoms with Crippen molar-refractivity contribution in [2.24, 2.45) is 0 Å². The van der Waals surface area contributed by atoms with Gasteiger partial charge in [0.2, 0.25) is 0 Å². The molecule has 0 bridgehead atoms. The van der Waals surface area contributed by atoms with Crippen molar-refractivity contribution in [3.05, 3.63) is 0 Å². The van der Waals surface area contributed by atoms with Crippen molar-refractivity contribution in [1.82, 2.24) is 4.90 Å². The molecule has 1 nitrogen and oxygen atoms in total. The Morgan fingerprint density at radius 3 is 1.83 bits per heavy atom. The van der Waals surface area contributed by atoms with Gasteiger partial charge in [-0.1, -0.05) is 27.2 Å². The van der Waals surface area contributed by atoms with E-state index in [0.717, 1.165) is 19.5 Å². The Labute approximate surface area is 82.1 Å². The van der Waals surface area contributed by atoms with Gasteiger partial charge in [0.25, 0.3) is 0 Å². The lowest BCUT2D eigenvalue weighted by atomic mass is 10.3. The molecule has 0 aromatic carbocycles. The van der Waals surface area contributed by atoms with Crippen LogP contribution in [0.15, 0.2) is 0 Å². The third-order valence-electron chi connectivity index (χ3n) is 1.94. The molecule has 2 heteroatoms. The van der Waals surface area contributed by atoms with Gasteiger partial charge in [-0.05, 0) is 32.4 Å². The molecule has 0 saturated heterocycles. The van der Waals surface area contributed by atoms with Gasteiger partial charge in [-0.25, -0.2) is 0 Å². The molecule has 0 aliphatic heterocycles. The fourth-order valence-electron chi connectivity index (χ4n) is 1.39. The molecule has 0 aliphatic carbocycles. The normalized spacial score (nSPS) is 13.8. The smallest absolute Gasteiger partial charge is 0.0850 e. The second-order valence-electron chi connectivity index (χ2n) is 3.26. The molecule has 74 valence electrons. The van der Waals surface area contributed by atoms with Gasteiger partial charge < -0.3 is 0 Å². The molecule has 0 heterocycles. The maximum atomic E-state index is 6.23. The zero-order valence-corrected chi connectivity index (χ0v) is 9.40. The Bertz CT molecular complexity index is 89.8. The topological polar surface area (TPSA) is 3.24 Å². The highest BCUT2D eigenvalue weighted by atomic mass is 35.5. The minimum atomic E-state index is 0.259. The van der Waals surface area contributed by atoms with E-state index in [1.165, 1.54) is 19.3 Å². The lowest BCUT2D eigenvalue weighted by Crippen LogP contribution is -2.32. The molecule has 0 saturated carbocycles. The van der Waals surface area contributed by atoms with Crippen molar-refractivity contribution in [1.29, 1.82) is 0 Å². The van der Waals surface area contributed by atoms with Gasteiger partial charge in [0, 0.05) is 0 Å². The van der Waals surface area contributed by atoms with Crippen LogP contribution in [0.2, 0.25) is 0 Å². The molecule has 12 heavy (non-hydrogen) atoms. The van der Waals surface area contributed by atoms with E-state index >= 15 is 0 Å². The lowest BCUT2D eigenvalue weighted by Gasteiger charge is -2.26. The summed E-state index contributed by atoms with van der Waals surface area (Å²) in [5.74, 6) is 0. The fourth-order valence-corrected chi connectivity index (χ4v) is 1.80. The number of hydrogen-bond acceptors (Lipinski definition) is 1. The lowest BCUT2D eigenvalue weighted by molar-refractivity contribution is 0.242. The van der Waals surface area contributed by atoms with E-state index in [-0.39, 0.29) is 5.50 Å². The number of halogens is 1. The molecular formula is C10H22ClN. The molecule has 0 N–H and O–H groups in total. The summed E-state index contributed by atoms with van der Waals surface area (Å²) < 4.78 is 0. The summed E-state index contributed by atoms with van der Waals surface area (Å²) in [6, 6.07) is 0. The molecule has 0 aliphatic rings. The first-order valence-electron chi connectivity index (χ1n) is 5.14. The zero-order chi connectivity index (χ0) is 9.40. The van der Waals surface area contributed by atoms with Crippen molar-refractivity contribution >= 4 is 11.6 Å². The molecule has 0 aromatic heterocycles. The first-order valence-corrected chi connectivity index (χ1v) is 5.57. The standard InChI is InChI=1S/C10H22ClN/c1-4-7-10(11)12(8-5-2)9-6-3/h10H,4-9H2,1-3H3. The number of hydrogen-bond donors (Lipinski definition) is 0. The molecular weight excluding hydrogens is 170 g/mol. The summed E-state index contributed by atoms with van der Waals surface area (Å²) in [6.07, 6.45) is 4.69. The van der Waals surface area contributed by atoms with Crippen molar-refractivity contribution < 1.29 is 0 Å². The summed E-state index contributed by atoms with van der Waals surface area (Å²) >= 11 is 6.23. The zero-order valence-electron chi connectivity index (χ0n) is 8.65. The number of alkyl halides is 1. The van der Waals surface area contributed by atoms with E-state index in [2.05, 4.69) is 25.7 Å². The summed E-state index contributed by atoms with van der Waals surface area (Å²) in [6.45, 7) is 8.88. The molecule has 1 atom stereocenters. The van der Waals surface area contributed by atoms with Gasteiger partial charge in [0.05, 0.1) is 5.50 Å². The molecule has 0 aromatic rings. The largest absolute Gasteiger partial charge is 0.287 e. The molecule has 0 fully saturated rings. The third kappa shape index (κ3) is 5.00. The Morgan fingerprint density at radius 1 is 1.00 bits per heavy atom. The van der Waals surface area contributed by atoms with Crippen LogP contribution < -0.4 is 0 Å². The SMILES string of the molecule is CCCC(Cl)N(CCC)CCC. The highest BCUT2D eigenvalue weighted by molar-refractivity contribution is 6.20.